The van der Waals surface area contributed by atoms with Crippen LogP contribution in [0.2, 0.25) is 0 Å². The number of hydrogen-bond donors (Lipinski definition) is 1. The number of amides is 1. The number of methoxy groups -OCH3 is 1. The van der Waals surface area contributed by atoms with Gasteiger partial charge in [-0.1, -0.05) is 0 Å². The third kappa shape index (κ3) is 5.76. The molecule has 1 amide bonds. The summed E-state index contributed by atoms with van der Waals surface area (Å²) >= 11 is 0. The van der Waals surface area contributed by atoms with Gasteiger partial charge in [-0.2, -0.15) is 0 Å². The van der Waals surface area contributed by atoms with Crippen molar-refractivity contribution in [1.29, 1.82) is 0 Å². The molecule has 0 aliphatic carbocycles. The number of carbonyl (C=O) groups excluding carboxylic acids is 1. The second-order valence-electron chi connectivity index (χ2n) is 6.05. The van der Waals surface area contributed by atoms with Crippen LogP contribution < -0.4 is 9.47 Å². The van der Waals surface area contributed by atoms with Gasteiger partial charge < -0.3 is 19.5 Å². The molecule has 1 saturated heterocycles. The average molecular weight is 335 g/mol. The number of benzene rings is 1. The lowest BCUT2D eigenvalue weighted by atomic mass is 9.93. The minimum atomic E-state index is -0.754. The van der Waals surface area contributed by atoms with Crippen molar-refractivity contribution >= 4 is 11.9 Å². The molecule has 0 radical (unpaired) electrons. The molecule has 1 aliphatic rings. The van der Waals surface area contributed by atoms with Gasteiger partial charge in [-0.15, -0.1) is 0 Å². The third-order valence-electron chi connectivity index (χ3n) is 4.29. The van der Waals surface area contributed by atoms with Crippen molar-refractivity contribution in [3.63, 3.8) is 0 Å². The van der Waals surface area contributed by atoms with Gasteiger partial charge in [0.05, 0.1) is 13.7 Å². The Kier molecular flexibility index (Phi) is 6.90. The van der Waals surface area contributed by atoms with Crippen LogP contribution in [0.1, 0.15) is 32.1 Å². The van der Waals surface area contributed by atoms with Gasteiger partial charge in [0.2, 0.25) is 5.91 Å². The Labute approximate surface area is 142 Å². The first-order valence-electron chi connectivity index (χ1n) is 8.35. The summed E-state index contributed by atoms with van der Waals surface area (Å²) in [6.45, 7) is 1.82. The van der Waals surface area contributed by atoms with Gasteiger partial charge in [0, 0.05) is 25.9 Å². The van der Waals surface area contributed by atoms with Gasteiger partial charge in [0.25, 0.3) is 0 Å². The molecular weight excluding hydrogens is 310 g/mol. The van der Waals surface area contributed by atoms with E-state index in [1.807, 2.05) is 29.2 Å². The molecule has 1 fully saturated rings. The molecule has 1 heterocycles. The molecule has 0 unspecified atom stereocenters. The monoisotopic (exact) mass is 335 g/mol. The normalized spacial score (nSPS) is 15.1. The third-order valence-corrected chi connectivity index (χ3v) is 4.29. The smallest absolute Gasteiger partial charge is 0.303 e. The number of piperidine rings is 1. The van der Waals surface area contributed by atoms with E-state index < -0.39 is 5.97 Å². The standard InChI is InChI=1S/C18H25NO5/c1-23-15-4-6-16(7-5-15)24-12-2-3-17(20)19-10-8-14(9-11-19)13-18(21)22/h4-7,14H,2-3,8-13H2,1H3,(H,21,22). The maximum Gasteiger partial charge on any atom is 0.303 e. The first-order chi connectivity index (χ1) is 11.6. The molecule has 1 aromatic rings. The van der Waals surface area contributed by atoms with E-state index in [1.54, 1.807) is 7.11 Å². The predicted molar refractivity (Wildman–Crippen MR) is 89.3 cm³/mol. The summed E-state index contributed by atoms with van der Waals surface area (Å²) in [5, 5.41) is 8.81. The van der Waals surface area contributed by atoms with Crippen LogP contribution in [0.5, 0.6) is 11.5 Å². The van der Waals surface area contributed by atoms with E-state index in [9.17, 15) is 9.59 Å². The molecule has 0 atom stereocenters. The second kappa shape index (κ2) is 9.15. The summed E-state index contributed by atoms with van der Waals surface area (Å²) in [6, 6.07) is 7.35. The van der Waals surface area contributed by atoms with Crippen LogP contribution in [0, 0.1) is 5.92 Å². The van der Waals surface area contributed by atoms with Crippen molar-refractivity contribution in [3.05, 3.63) is 24.3 Å². The van der Waals surface area contributed by atoms with Gasteiger partial charge in [0.15, 0.2) is 0 Å². The van der Waals surface area contributed by atoms with E-state index in [0.29, 0.717) is 32.5 Å². The molecule has 1 aromatic carbocycles. The van der Waals surface area contributed by atoms with Crippen LogP contribution in [-0.2, 0) is 9.59 Å². The molecule has 2 rings (SSSR count). The molecule has 1 N–H and O–H groups in total. The fourth-order valence-corrected chi connectivity index (χ4v) is 2.88. The number of rotatable bonds is 8. The molecule has 0 spiro atoms. The summed E-state index contributed by atoms with van der Waals surface area (Å²) in [6.07, 6.45) is 2.89. The zero-order valence-electron chi connectivity index (χ0n) is 14.1. The number of nitrogens with zero attached hydrogens (tertiary/aromatic N) is 1. The van der Waals surface area contributed by atoms with Gasteiger partial charge in [-0.05, 0) is 49.4 Å². The number of carboxylic acids is 1. The van der Waals surface area contributed by atoms with E-state index in [1.165, 1.54) is 0 Å². The van der Waals surface area contributed by atoms with Crippen LogP contribution in [-0.4, -0.2) is 48.7 Å². The Bertz CT molecular complexity index is 535. The van der Waals surface area contributed by atoms with Gasteiger partial charge >= 0.3 is 5.97 Å². The van der Waals surface area contributed by atoms with Crippen molar-refractivity contribution in [2.24, 2.45) is 5.92 Å². The Balaban J connectivity index is 1.62. The van der Waals surface area contributed by atoms with Crippen LogP contribution >= 0.6 is 0 Å². The van der Waals surface area contributed by atoms with Crippen molar-refractivity contribution in [2.45, 2.75) is 32.1 Å². The second-order valence-corrected chi connectivity index (χ2v) is 6.05. The Morgan fingerprint density at radius 1 is 1.17 bits per heavy atom. The lowest BCUT2D eigenvalue weighted by Gasteiger charge is -2.31. The molecule has 0 bridgehead atoms. The average Bonchev–Trinajstić information content (AvgIpc) is 2.59. The molecule has 0 saturated carbocycles. The van der Waals surface area contributed by atoms with Gasteiger partial charge in [-0.25, -0.2) is 0 Å². The minimum Gasteiger partial charge on any atom is -0.497 e. The first kappa shape index (κ1) is 18.1. The maximum atomic E-state index is 12.2. The summed E-state index contributed by atoms with van der Waals surface area (Å²) in [5.41, 5.74) is 0. The van der Waals surface area contributed by atoms with E-state index in [0.717, 1.165) is 24.3 Å². The Hall–Kier alpha value is -2.24. The van der Waals surface area contributed by atoms with Crippen LogP contribution in [0.15, 0.2) is 24.3 Å². The van der Waals surface area contributed by atoms with Crippen molar-refractivity contribution in [3.8, 4) is 11.5 Å². The largest absolute Gasteiger partial charge is 0.497 e. The lowest BCUT2D eigenvalue weighted by Crippen LogP contribution is -2.38. The molecule has 132 valence electrons. The fourth-order valence-electron chi connectivity index (χ4n) is 2.88. The highest BCUT2D eigenvalue weighted by Gasteiger charge is 2.23. The SMILES string of the molecule is COc1ccc(OCCCC(=O)N2CCC(CC(=O)O)CC2)cc1. The molecule has 0 aromatic heterocycles. The van der Waals surface area contributed by atoms with Crippen LogP contribution in [0.25, 0.3) is 0 Å². The molecule has 6 nitrogen and oxygen atoms in total. The van der Waals surface area contributed by atoms with E-state index in [2.05, 4.69) is 0 Å². The Morgan fingerprint density at radius 2 is 1.79 bits per heavy atom. The first-order valence-corrected chi connectivity index (χ1v) is 8.35. The van der Waals surface area contributed by atoms with E-state index in [4.69, 9.17) is 14.6 Å². The van der Waals surface area contributed by atoms with Crippen molar-refractivity contribution in [2.75, 3.05) is 26.8 Å². The number of ether oxygens (including phenoxy) is 2. The molecule has 6 heteroatoms. The number of aliphatic carboxylic acids is 1. The highest BCUT2D eigenvalue weighted by atomic mass is 16.5. The van der Waals surface area contributed by atoms with E-state index in [-0.39, 0.29) is 18.2 Å². The van der Waals surface area contributed by atoms with Crippen molar-refractivity contribution < 1.29 is 24.2 Å². The summed E-state index contributed by atoms with van der Waals surface area (Å²) in [4.78, 5) is 24.7. The van der Waals surface area contributed by atoms with E-state index >= 15 is 0 Å². The quantitative estimate of drug-likeness (QED) is 0.739. The summed E-state index contributed by atoms with van der Waals surface area (Å²) < 4.78 is 10.7. The lowest BCUT2D eigenvalue weighted by molar-refractivity contribution is -0.138. The zero-order chi connectivity index (χ0) is 17.4. The number of carboxylic acid groups (broad SMARTS) is 1. The van der Waals surface area contributed by atoms with Gasteiger partial charge in [-0.3, -0.25) is 9.59 Å². The maximum absolute atomic E-state index is 12.2. The van der Waals surface area contributed by atoms with Crippen molar-refractivity contribution in [1.82, 2.24) is 4.90 Å². The fraction of sp³-hybridized carbons (Fsp3) is 0.556. The number of hydrogen-bond acceptors (Lipinski definition) is 4. The minimum absolute atomic E-state index is 0.127. The highest BCUT2D eigenvalue weighted by Crippen LogP contribution is 2.21. The number of carbonyl (C=O) groups is 2. The number of likely N-dealkylation sites (tertiary alicyclic amines) is 1. The highest BCUT2D eigenvalue weighted by molar-refractivity contribution is 5.76. The van der Waals surface area contributed by atoms with Crippen LogP contribution in [0.4, 0.5) is 0 Å². The van der Waals surface area contributed by atoms with Gasteiger partial charge in [0.1, 0.15) is 11.5 Å². The molecular formula is C18H25NO5. The van der Waals surface area contributed by atoms with Crippen LogP contribution in [0.3, 0.4) is 0 Å². The Morgan fingerprint density at radius 3 is 2.38 bits per heavy atom. The molecule has 1 aliphatic heterocycles. The summed E-state index contributed by atoms with van der Waals surface area (Å²) in [5.74, 6) is 1.11. The topological polar surface area (TPSA) is 76.1 Å². The summed E-state index contributed by atoms with van der Waals surface area (Å²) in [7, 11) is 1.62. The predicted octanol–water partition coefficient (Wildman–Crippen LogP) is 2.57. The zero-order valence-corrected chi connectivity index (χ0v) is 14.1. The molecule has 24 heavy (non-hydrogen) atoms.